The van der Waals surface area contributed by atoms with Crippen LogP contribution in [0.3, 0.4) is 0 Å². The van der Waals surface area contributed by atoms with E-state index in [1.54, 1.807) is 24.3 Å². The molecule has 1 aromatic heterocycles. The SMILES string of the molecule is CCOc1ccc(C(=O)OCc2cn(-c3ccccc3)nc2-c2ccccc2)cc1. The Morgan fingerprint density at radius 1 is 0.900 bits per heavy atom. The lowest BCUT2D eigenvalue weighted by molar-refractivity contribution is 0.0473. The summed E-state index contributed by atoms with van der Waals surface area (Å²) >= 11 is 0. The molecule has 3 aromatic carbocycles. The number of aromatic nitrogens is 2. The largest absolute Gasteiger partial charge is 0.494 e. The standard InChI is InChI=1S/C25H22N2O3/c1-2-29-23-15-13-20(14-16-23)25(28)30-18-21-17-27(22-11-7-4-8-12-22)26-24(21)19-9-5-3-6-10-19/h3-17H,2,18H2,1H3. The minimum atomic E-state index is -0.385. The number of esters is 1. The van der Waals surface area contributed by atoms with Crippen molar-refractivity contribution in [2.24, 2.45) is 0 Å². The van der Waals surface area contributed by atoms with Gasteiger partial charge in [-0.15, -0.1) is 0 Å². The van der Waals surface area contributed by atoms with E-state index >= 15 is 0 Å². The molecule has 0 bridgehead atoms. The number of nitrogens with zero attached hydrogens (tertiary/aromatic N) is 2. The Labute approximate surface area is 175 Å². The van der Waals surface area contributed by atoms with E-state index in [0.717, 1.165) is 28.3 Å². The van der Waals surface area contributed by atoms with E-state index in [2.05, 4.69) is 0 Å². The average Bonchev–Trinajstić information content (AvgIpc) is 3.24. The summed E-state index contributed by atoms with van der Waals surface area (Å²) in [5.41, 5.74) is 4.02. The Bertz CT molecular complexity index is 1100. The van der Waals surface area contributed by atoms with Gasteiger partial charge in [0.15, 0.2) is 0 Å². The molecule has 0 saturated carbocycles. The summed E-state index contributed by atoms with van der Waals surface area (Å²) in [7, 11) is 0. The van der Waals surface area contributed by atoms with Gasteiger partial charge >= 0.3 is 5.97 Å². The van der Waals surface area contributed by atoms with Crippen molar-refractivity contribution in [3.05, 3.63) is 102 Å². The highest BCUT2D eigenvalue weighted by atomic mass is 16.5. The predicted octanol–water partition coefficient (Wildman–Crippen LogP) is 5.30. The third kappa shape index (κ3) is 4.41. The van der Waals surface area contributed by atoms with Gasteiger partial charge in [-0.3, -0.25) is 0 Å². The summed E-state index contributed by atoms with van der Waals surface area (Å²) in [4.78, 5) is 12.5. The van der Waals surface area contributed by atoms with Gasteiger partial charge in [-0.05, 0) is 43.3 Å². The van der Waals surface area contributed by atoms with E-state index < -0.39 is 0 Å². The minimum absolute atomic E-state index is 0.128. The first kappa shape index (κ1) is 19.5. The van der Waals surface area contributed by atoms with E-state index in [0.29, 0.717) is 12.2 Å². The summed E-state index contributed by atoms with van der Waals surface area (Å²) in [6.07, 6.45) is 1.91. The zero-order valence-corrected chi connectivity index (χ0v) is 16.7. The third-order valence-electron chi connectivity index (χ3n) is 4.62. The highest BCUT2D eigenvalue weighted by Gasteiger charge is 2.15. The van der Waals surface area contributed by atoms with Crippen molar-refractivity contribution >= 4 is 5.97 Å². The number of hydrogen-bond donors (Lipinski definition) is 0. The summed E-state index contributed by atoms with van der Waals surface area (Å²) in [6.45, 7) is 2.63. The zero-order chi connectivity index (χ0) is 20.8. The molecule has 0 aliphatic rings. The van der Waals surface area contributed by atoms with Gasteiger partial charge in [0.05, 0.1) is 23.6 Å². The molecule has 0 N–H and O–H groups in total. The van der Waals surface area contributed by atoms with Crippen LogP contribution in [0, 0.1) is 0 Å². The fourth-order valence-electron chi connectivity index (χ4n) is 3.15. The molecule has 30 heavy (non-hydrogen) atoms. The minimum Gasteiger partial charge on any atom is -0.494 e. The van der Waals surface area contributed by atoms with Crippen LogP contribution in [0.5, 0.6) is 5.75 Å². The van der Waals surface area contributed by atoms with E-state index in [-0.39, 0.29) is 12.6 Å². The third-order valence-corrected chi connectivity index (χ3v) is 4.62. The van der Waals surface area contributed by atoms with Crippen LogP contribution < -0.4 is 4.74 Å². The summed E-state index contributed by atoms with van der Waals surface area (Å²) < 4.78 is 12.8. The normalized spacial score (nSPS) is 10.6. The molecule has 0 amide bonds. The Hall–Kier alpha value is -3.86. The van der Waals surface area contributed by atoms with Gasteiger partial charge in [0.1, 0.15) is 12.4 Å². The number of ether oxygens (including phenoxy) is 2. The molecule has 0 spiro atoms. The quantitative estimate of drug-likeness (QED) is 0.397. The van der Waals surface area contributed by atoms with Gasteiger partial charge in [0.25, 0.3) is 0 Å². The first-order valence-corrected chi connectivity index (χ1v) is 9.84. The molecular weight excluding hydrogens is 376 g/mol. The van der Waals surface area contributed by atoms with Crippen LogP contribution in [0.1, 0.15) is 22.8 Å². The molecule has 0 saturated heterocycles. The highest BCUT2D eigenvalue weighted by Crippen LogP contribution is 2.24. The predicted molar refractivity (Wildman–Crippen MR) is 116 cm³/mol. The van der Waals surface area contributed by atoms with Crippen molar-refractivity contribution < 1.29 is 14.3 Å². The van der Waals surface area contributed by atoms with Crippen molar-refractivity contribution in [1.29, 1.82) is 0 Å². The van der Waals surface area contributed by atoms with Crippen LogP contribution in [0.2, 0.25) is 0 Å². The number of benzene rings is 3. The van der Waals surface area contributed by atoms with Crippen LogP contribution >= 0.6 is 0 Å². The molecule has 150 valence electrons. The van der Waals surface area contributed by atoms with E-state index in [1.165, 1.54) is 0 Å². The molecule has 0 atom stereocenters. The second-order valence-corrected chi connectivity index (χ2v) is 6.68. The second kappa shape index (κ2) is 9.09. The van der Waals surface area contributed by atoms with Crippen molar-refractivity contribution in [2.45, 2.75) is 13.5 Å². The topological polar surface area (TPSA) is 53.4 Å². The number of carbonyl (C=O) groups is 1. The molecule has 0 radical (unpaired) electrons. The first-order chi connectivity index (χ1) is 14.7. The van der Waals surface area contributed by atoms with Gasteiger partial charge in [0, 0.05) is 17.3 Å². The monoisotopic (exact) mass is 398 g/mol. The van der Waals surface area contributed by atoms with Crippen LogP contribution in [-0.2, 0) is 11.3 Å². The fraction of sp³-hybridized carbons (Fsp3) is 0.120. The number of rotatable bonds is 7. The second-order valence-electron chi connectivity index (χ2n) is 6.68. The maximum absolute atomic E-state index is 12.5. The maximum atomic E-state index is 12.5. The van der Waals surface area contributed by atoms with Crippen LogP contribution in [0.25, 0.3) is 16.9 Å². The summed E-state index contributed by atoms with van der Waals surface area (Å²) in [5, 5.41) is 4.74. The van der Waals surface area contributed by atoms with Crippen molar-refractivity contribution in [1.82, 2.24) is 9.78 Å². The molecule has 4 aromatic rings. The Morgan fingerprint density at radius 3 is 2.23 bits per heavy atom. The van der Waals surface area contributed by atoms with Gasteiger partial charge in [-0.2, -0.15) is 5.10 Å². The lowest BCUT2D eigenvalue weighted by Gasteiger charge is -2.07. The molecule has 5 nitrogen and oxygen atoms in total. The number of hydrogen-bond acceptors (Lipinski definition) is 4. The van der Waals surface area contributed by atoms with Gasteiger partial charge in [-0.25, -0.2) is 9.48 Å². The maximum Gasteiger partial charge on any atom is 0.338 e. The van der Waals surface area contributed by atoms with E-state index in [4.69, 9.17) is 14.6 Å². The molecule has 4 rings (SSSR count). The van der Waals surface area contributed by atoms with Gasteiger partial charge < -0.3 is 9.47 Å². The van der Waals surface area contributed by atoms with Crippen molar-refractivity contribution in [3.8, 4) is 22.7 Å². The van der Waals surface area contributed by atoms with E-state index in [9.17, 15) is 4.79 Å². The number of para-hydroxylation sites is 1. The zero-order valence-electron chi connectivity index (χ0n) is 16.7. The lowest BCUT2D eigenvalue weighted by Crippen LogP contribution is -2.05. The fourth-order valence-corrected chi connectivity index (χ4v) is 3.15. The first-order valence-electron chi connectivity index (χ1n) is 9.84. The van der Waals surface area contributed by atoms with Crippen molar-refractivity contribution in [2.75, 3.05) is 6.61 Å². The van der Waals surface area contributed by atoms with Crippen LogP contribution in [0.4, 0.5) is 0 Å². The smallest absolute Gasteiger partial charge is 0.338 e. The summed E-state index contributed by atoms with van der Waals surface area (Å²) in [6, 6.07) is 26.7. The molecule has 0 unspecified atom stereocenters. The molecule has 5 heteroatoms. The molecule has 0 fully saturated rings. The Balaban J connectivity index is 1.56. The molecule has 0 aliphatic carbocycles. The highest BCUT2D eigenvalue weighted by molar-refractivity contribution is 5.89. The molecule has 1 heterocycles. The van der Waals surface area contributed by atoms with Crippen molar-refractivity contribution in [3.63, 3.8) is 0 Å². The molecule has 0 aliphatic heterocycles. The van der Waals surface area contributed by atoms with Gasteiger partial charge in [0.2, 0.25) is 0 Å². The Kier molecular flexibility index (Phi) is 5.90. The lowest BCUT2D eigenvalue weighted by atomic mass is 10.1. The Morgan fingerprint density at radius 2 is 1.57 bits per heavy atom. The van der Waals surface area contributed by atoms with Gasteiger partial charge in [-0.1, -0.05) is 48.5 Å². The van der Waals surface area contributed by atoms with E-state index in [1.807, 2.05) is 78.5 Å². The van der Waals surface area contributed by atoms with Crippen LogP contribution in [0.15, 0.2) is 91.1 Å². The average molecular weight is 398 g/mol. The number of carbonyl (C=O) groups excluding carboxylic acids is 1. The van der Waals surface area contributed by atoms with Crippen LogP contribution in [-0.4, -0.2) is 22.4 Å². The molecular formula is C25H22N2O3. The summed E-state index contributed by atoms with van der Waals surface area (Å²) in [5.74, 6) is 0.342.